The Morgan fingerprint density at radius 1 is 1.42 bits per heavy atom. The Kier molecular flexibility index (Phi) is 2.74. The molecule has 1 aliphatic rings. The van der Waals surface area contributed by atoms with Gasteiger partial charge in [-0.3, -0.25) is 24.6 Å². The maximum absolute atomic E-state index is 13.4. The molecule has 1 amide bonds. The van der Waals surface area contributed by atoms with Crippen LogP contribution in [0.3, 0.4) is 0 Å². The normalized spacial score (nSPS) is 15.3. The molecule has 2 rings (SSSR count). The average Bonchev–Trinajstić information content (AvgIpc) is 2.61. The first kappa shape index (κ1) is 12.6. The van der Waals surface area contributed by atoms with Gasteiger partial charge in [0.05, 0.1) is 16.2 Å². The van der Waals surface area contributed by atoms with Crippen molar-refractivity contribution in [3.05, 3.63) is 33.9 Å². The van der Waals surface area contributed by atoms with Gasteiger partial charge in [0, 0.05) is 12.1 Å². The van der Waals surface area contributed by atoms with Crippen LogP contribution in [0.15, 0.2) is 18.2 Å². The maximum Gasteiger partial charge on any atom is 0.360 e. The van der Waals surface area contributed by atoms with Gasteiger partial charge in [-0.05, 0) is 6.07 Å². The average molecular weight is 268 g/mol. The smallest absolute Gasteiger partial charge is 0.360 e. The number of benzene rings is 1. The zero-order valence-electron chi connectivity index (χ0n) is 9.07. The van der Waals surface area contributed by atoms with Crippen molar-refractivity contribution in [2.24, 2.45) is 0 Å². The van der Waals surface area contributed by atoms with E-state index in [-0.39, 0.29) is 16.2 Å². The number of nitro groups is 1. The van der Waals surface area contributed by atoms with Crippen LogP contribution in [-0.4, -0.2) is 34.0 Å². The summed E-state index contributed by atoms with van der Waals surface area (Å²) < 4.78 is 13.4. The minimum Gasteiger partial charge on any atom is -0.478 e. The molecule has 19 heavy (non-hydrogen) atoms. The summed E-state index contributed by atoms with van der Waals surface area (Å²) in [4.78, 5) is 43.5. The van der Waals surface area contributed by atoms with E-state index in [1.807, 2.05) is 0 Å². The van der Waals surface area contributed by atoms with Crippen molar-refractivity contribution in [3.8, 4) is 0 Å². The number of halogens is 1. The van der Waals surface area contributed by atoms with Crippen LogP contribution in [-0.2, 0) is 9.59 Å². The van der Waals surface area contributed by atoms with Crippen LogP contribution in [0.25, 0.3) is 0 Å². The number of carbonyl (C=O) groups is 3. The Morgan fingerprint density at radius 2 is 2.05 bits per heavy atom. The standard InChI is InChI=1S/C10H5FN2O6/c11-8(10(16)17)12-6-2-1-4(13(18)19)3-5(6)7(14)9(12)15/h1-3,8H,(H,16,17). The number of alkyl halides is 1. The Morgan fingerprint density at radius 3 is 2.58 bits per heavy atom. The summed E-state index contributed by atoms with van der Waals surface area (Å²) in [6.07, 6.45) is -2.72. The summed E-state index contributed by atoms with van der Waals surface area (Å²) in [6, 6.07) is 2.72. The third kappa shape index (κ3) is 1.80. The summed E-state index contributed by atoms with van der Waals surface area (Å²) in [5.74, 6) is -4.49. The lowest BCUT2D eigenvalue weighted by Crippen LogP contribution is -2.41. The zero-order valence-corrected chi connectivity index (χ0v) is 9.07. The Balaban J connectivity index is 2.56. The molecule has 0 radical (unpaired) electrons. The molecule has 98 valence electrons. The molecule has 1 aromatic carbocycles. The lowest BCUT2D eigenvalue weighted by molar-refractivity contribution is -0.384. The fourth-order valence-electron chi connectivity index (χ4n) is 1.70. The Bertz CT molecular complexity index is 628. The summed E-state index contributed by atoms with van der Waals surface area (Å²) in [7, 11) is 0. The number of Topliss-reactive ketones (excluding diaryl/α,β-unsaturated/α-hetero) is 1. The third-order valence-corrected chi connectivity index (χ3v) is 2.54. The number of nitro benzene ring substituents is 1. The highest BCUT2D eigenvalue weighted by Crippen LogP contribution is 2.33. The molecule has 0 saturated carbocycles. The van der Waals surface area contributed by atoms with Crippen molar-refractivity contribution < 1.29 is 28.8 Å². The second-order valence-corrected chi connectivity index (χ2v) is 3.64. The molecule has 8 nitrogen and oxygen atoms in total. The summed E-state index contributed by atoms with van der Waals surface area (Å²) in [5.41, 5.74) is -1.13. The first-order valence-electron chi connectivity index (χ1n) is 4.88. The first-order chi connectivity index (χ1) is 8.84. The molecule has 0 aromatic heterocycles. The van der Waals surface area contributed by atoms with Crippen molar-refractivity contribution in [3.63, 3.8) is 0 Å². The molecule has 0 fully saturated rings. The summed E-state index contributed by atoms with van der Waals surface area (Å²) >= 11 is 0. The largest absolute Gasteiger partial charge is 0.478 e. The van der Waals surface area contributed by atoms with E-state index in [4.69, 9.17) is 5.11 Å². The fraction of sp³-hybridized carbons (Fsp3) is 0.100. The number of amides is 1. The van der Waals surface area contributed by atoms with Crippen molar-refractivity contribution in [2.75, 3.05) is 4.90 Å². The van der Waals surface area contributed by atoms with Gasteiger partial charge in [-0.25, -0.2) is 9.18 Å². The molecule has 0 spiro atoms. The van der Waals surface area contributed by atoms with E-state index in [1.165, 1.54) is 0 Å². The Hall–Kier alpha value is -2.84. The quantitative estimate of drug-likeness (QED) is 0.369. The van der Waals surface area contributed by atoms with Crippen molar-refractivity contribution in [2.45, 2.75) is 6.30 Å². The molecular weight excluding hydrogens is 263 g/mol. The van der Waals surface area contributed by atoms with Crippen LogP contribution in [0.2, 0.25) is 0 Å². The second kappa shape index (κ2) is 4.12. The molecule has 1 heterocycles. The van der Waals surface area contributed by atoms with Gasteiger partial charge < -0.3 is 5.11 Å². The molecular formula is C10H5FN2O6. The number of fused-ring (bicyclic) bond motifs is 1. The van der Waals surface area contributed by atoms with Gasteiger partial charge in [-0.15, -0.1) is 0 Å². The maximum atomic E-state index is 13.4. The van der Waals surface area contributed by atoms with Gasteiger partial charge in [-0.2, -0.15) is 0 Å². The van der Waals surface area contributed by atoms with Crippen LogP contribution in [0, 0.1) is 10.1 Å². The molecule has 1 N–H and O–H groups in total. The minimum atomic E-state index is -2.72. The molecule has 1 aliphatic heterocycles. The number of ketones is 1. The van der Waals surface area contributed by atoms with Gasteiger partial charge in [0.15, 0.2) is 0 Å². The van der Waals surface area contributed by atoms with Gasteiger partial charge >= 0.3 is 11.9 Å². The zero-order chi connectivity index (χ0) is 14.3. The Labute approximate surface area is 104 Å². The van der Waals surface area contributed by atoms with E-state index < -0.39 is 34.6 Å². The van der Waals surface area contributed by atoms with Gasteiger partial charge in [0.1, 0.15) is 0 Å². The second-order valence-electron chi connectivity index (χ2n) is 3.64. The lowest BCUT2D eigenvalue weighted by atomic mass is 10.1. The summed E-state index contributed by atoms with van der Waals surface area (Å²) in [6.45, 7) is 0. The van der Waals surface area contributed by atoms with E-state index in [0.29, 0.717) is 0 Å². The highest BCUT2D eigenvalue weighted by atomic mass is 19.1. The number of hydrogen-bond donors (Lipinski definition) is 1. The van der Waals surface area contributed by atoms with Crippen LogP contribution in [0.1, 0.15) is 10.4 Å². The molecule has 0 bridgehead atoms. The number of rotatable bonds is 3. The monoisotopic (exact) mass is 268 g/mol. The number of carbonyl (C=O) groups excluding carboxylic acids is 2. The topological polar surface area (TPSA) is 118 Å². The molecule has 9 heteroatoms. The van der Waals surface area contributed by atoms with E-state index in [2.05, 4.69) is 0 Å². The van der Waals surface area contributed by atoms with Gasteiger partial charge in [0.2, 0.25) is 0 Å². The number of hydrogen-bond acceptors (Lipinski definition) is 5. The van der Waals surface area contributed by atoms with Crippen LogP contribution >= 0.6 is 0 Å². The third-order valence-electron chi connectivity index (χ3n) is 2.54. The van der Waals surface area contributed by atoms with Crippen molar-refractivity contribution in [1.29, 1.82) is 0 Å². The number of carboxylic acid groups (broad SMARTS) is 1. The van der Waals surface area contributed by atoms with Gasteiger partial charge in [0.25, 0.3) is 17.8 Å². The van der Waals surface area contributed by atoms with E-state index >= 15 is 0 Å². The van der Waals surface area contributed by atoms with Crippen molar-refractivity contribution >= 4 is 29.0 Å². The molecule has 1 atom stereocenters. The number of carboxylic acids is 1. The highest BCUT2D eigenvalue weighted by molar-refractivity contribution is 6.52. The first-order valence-corrected chi connectivity index (χ1v) is 4.88. The SMILES string of the molecule is O=C1C(=O)N(C(F)C(=O)O)c2ccc([N+](=O)[O-])cc21. The van der Waals surface area contributed by atoms with Crippen LogP contribution < -0.4 is 4.90 Å². The van der Waals surface area contributed by atoms with Gasteiger partial charge in [-0.1, -0.05) is 0 Å². The van der Waals surface area contributed by atoms with Crippen LogP contribution in [0.5, 0.6) is 0 Å². The van der Waals surface area contributed by atoms with E-state index in [0.717, 1.165) is 18.2 Å². The molecule has 0 aliphatic carbocycles. The van der Waals surface area contributed by atoms with Crippen LogP contribution in [0.4, 0.5) is 15.8 Å². The molecule has 1 unspecified atom stereocenters. The number of aliphatic carboxylic acids is 1. The summed E-state index contributed by atoms with van der Waals surface area (Å²) in [5, 5.41) is 19.1. The number of anilines is 1. The molecule has 0 saturated heterocycles. The minimum absolute atomic E-state index is 0.156. The fourth-order valence-corrected chi connectivity index (χ4v) is 1.70. The predicted molar refractivity (Wildman–Crippen MR) is 57.4 cm³/mol. The molecule has 1 aromatic rings. The predicted octanol–water partition coefficient (Wildman–Crippen LogP) is 0.504. The lowest BCUT2D eigenvalue weighted by Gasteiger charge is -2.17. The number of nitrogens with zero attached hydrogens (tertiary/aromatic N) is 2. The highest BCUT2D eigenvalue weighted by Gasteiger charge is 2.43. The van der Waals surface area contributed by atoms with E-state index in [1.54, 1.807) is 0 Å². The van der Waals surface area contributed by atoms with Crippen molar-refractivity contribution in [1.82, 2.24) is 0 Å². The van der Waals surface area contributed by atoms with E-state index in [9.17, 15) is 28.9 Å². The number of non-ortho nitro benzene ring substituents is 1.